The van der Waals surface area contributed by atoms with Gasteiger partial charge in [0.2, 0.25) is 0 Å². The van der Waals surface area contributed by atoms with Gasteiger partial charge in [-0.3, -0.25) is 4.90 Å². The normalized spacial score (nSPS) is 25.6. The molecule has 1 unspecified atom stereocenters. The van der Waals surface area contributed by atoms with Gasteiger partial charge in [-0.15, -0.1) is 0 Å². The van der Waals surface area contributed by atoms with E-state index in [0.29, 0.717) is 0 Å². The smallest absolute Gasteiger partial charge is 0.0237 e. The van der Waals surface area contributed by atoms with Gasteiger partial charge in [0.05, 0.1) is 0 Å². The van der Waals surface area contributed by atoms with E-state index in [0.717, 1.165) is 18.5 Å². The number of nitrogens with zero attached hydrogens (tertiary/aromatic N) is 2. The first-order chi connectivity index (χ1) is 9.35. The zero-order chi connectivity index (χ0) is 13.1. The first kappa shape index (κ1) is 13.1. The molecule has 1 aromatic carbocycles. The minimum absolute atomic E-state index is 0.743. The molecule has 0 aromatic heterocycles. The largest absolute Gasteiger partial charge is 0.300 e. The summed E-state index contributed by atoms with van der Waals surface area (Å²) in [6, 6.07) is 11.7. The van der Waals surface area contributed by atoms with Gasteiger partial charge in [0, 0.05) is 38.8 Å². The summed E-state index contributed by atoms with van der Waals surface area (Å²) in [6.45, 7) is 8.59. The molecule has 104 valence electrons. The van der Waals surface area contributed by atoms with Crippen LogP contribution in [-0.4, -0.2) is 42.0 Å². The Hall–Kier alpha value is -0.860. The summed E-state index contributed by atoms with van der Waals surface area (Å²) < 4.78 is 0. The molecule has 2 fully saturated rings. The predicted molar refractivity (Wildman–Crippen MR) is 80.1 cm³/mol. The van der Waals surface area contributed by atoms with Crippen LogP contribution in [0, 0.1) is 5.92 Å². The van der Waals surface area contributed by atoms with E-state index in [2.05, 4.69) is 47.1 Å². The van der Waals surface area contributed by atoms with Crippen molar-refractivity contribution in [2.24, 2.45) is 5.92 Å². The second-order valence-electron chi connectivity index (χ2n) is 6.22. The van der Waals surface area contributed by atoms with Crippen molar-refractivity contribution in [3.8, 4) is 0 Å². The minimum Gasteiger partial charge on any atom is -0.300 e. The van der Waals surface area contributed by atoms with Crippen LogP contribution in [0.3, 0.4) is 0 Å². The molecule has 0 bridgehead atoms. The number of rotatable bonds is 5. The van der Waals surface area contributed by atoms with Crippen molar-refractivity contribution in [1.82, 2.24) is 9.80 Å². The van der Waals surface area contributed by atoms with E-state index in [1.165, 1.54) is 51.0 Å². The van der Waals surface area contributed by atoms with Crippen molar-refractivity contribution in [2.45, 2.75) is 38.8 Å². The van der Waals surface area contributed by atoms with E-state index in [1.54, 1.807) is 0 Å². The van der Waals surface area contributed by atoms with E-state index in [1.807, 2.05) is 0 Å². The van der Waals surface area contributed by atoms with Crippen molar-refractivity contribution in [3.05, 3.63) is 35.9 Å². The van der Waals surface area contributed by atoms with Crippen molar-refractivity contribution in [2.75, 3.05) is 26.2 Å². The molecular weight excluding hydrogens is 232 g/mol. The van der Waals surface area contributed by atoms with Crippen molar-refractivity contribution >= 4 is 0 Å². The topological polar surface area (TPSA) is 6.48 Å². The third-order valence-corrected chi connectivity index (χ3v) is 4.60. The monoisotopic (exact) mass is 258 g/mol. The highest BCUT2D eigenvalue weighted by Gasteiger charge is 2.30. The number of hydrogen-bond donors (Lipinski definition) is 0. The van der Waals surface area contributed by atoms with Crippen LogP contribution < -0.4 is 0 Å². The lowest BCUT2D eigenvalue weighted by Gasteiger charge is -2.41. The van der Waals surface area contributed by atoms with Crippen molar-refractivity contribution in [3.63, 3.8) is 0 Å². The molecule has 2 nitrogen and oxygen atoms in total. The highest BCUT2D eigenvalue weighted by Crippen LogP contribution is 2.30. The lowest BCUT2D eigenvalue weighted by atomic mass is 10.1. The summed E-state index contributed by atoms with van der Waals surface area (Å²) >= 11 is 0. The highest BCUT2D eigenvalue weighted by atomic mass is 15.3. The summed E-state index contributed by atoms with van der Waals surface area (Å²) in [5.74, 6) is 1.03. The molecular formula is C17H26N2. The fourth-order valence-corrected chi connectivity index (χ4v) is 3.20. The summed E-state index contributed by atoms with van der Waals surface area (Å²) in [6.07, 6.45) is 4.22. The van der Waals surface area contributed by atoms with Crippen LogP contribution >= 0.6 is 0 Å². The fourth-order valence-electron chi connectivity index (χ4n) is 3.20. The van der Waals surface area contributed by atoms with Gasteiger partial charge in [0.15, 0.2) is 0 Å². The van der Waals surface area contributed by atoms with Crippen LogP contribution in [0.1, 0.15) is 31.7 Å². The third-order valence-electron chi connectivity index (χ3n) is 4.60. The van der Waals surface area contributed by atoms with Crippen LogP contribution in [-0.2, 0) is 6.54 Å². The van der Waals surface area contributed by atoms with Crippen LogP contribution in [0.2, 0.25) is 0 Å². The SMILES string of the molecule is CCC1CN(CC2CC2)CCN1Cc1ccccc1. The molecule has 0 N–H and O–H groups in total. The van der Waals surface area contributed by atoms with Gasteiger partial charge in [-0.05, 0) is 30.7 Å². The Balaban J connectivity index is 1.56. The molecule has 3 rings (SSSR count). The highest BCUT2D eigenvalue weighted by molar-refractivity contribution is 5.14. The molecule has 1 saturated heterocycles. The van der Waals surface area contributed by atoms with Gasteiger partial charge in [-0.1, -0.05) is 37.3 Å². The average Bonchev–Trinajstić information content (AvgIpc) is 3.25. The molecule has 1 aromatic rings. The molecule has 1 heterocycles. The van der Waals surface area contributed by atoms with Crippen molar-refractivity contribution < 1.29 is 0 Å². The number of piperazine rings is 1. The molecule has 19 heavy (non-hydrogen) atoms. The van der Waals surface area contributed by atoms with E-state index in [4.69, 9.17) is 0 Å². The molecule has 0 spiro atoms. The van der Waals surface area contributed by atoms with E-state index >= 15 is 0 Å². The maximum absolute atomic E-state index is 2.70. The second-order valence-corrected chi connectivity index (χ2v) is 6.22. The van der Waals surface area contributed by atoms with E-state index in [9.17, 15) is 0 Å². The quantitative estimate of drug-likeness (QED) is 0.801. The standard InChI is InChI=1S/C17H26N2/c1-2-17-14-18(12-16-8-9-16)10-11-19(17)13-15-6-4-3-5-7-15/h3-7,16-17H,2,8-14H2,1H3. The van der Waals surface area contributed by atoms with E-state index < -0.39 is 0 Å². The summed E-state index contributed by atoms with van der Waals surface area (Å²) in [5, 5.41) is 0. The Labute approximate surface area is 117 Å². The molecule has 1 atom stereocenters. The van der Waals surface area contributed by atoms with Gasteiger partial charge in [-0.25, -0.2) is 0 Å². The number of hydrogen-bond acceptors (Lipinski definition) is 2. The zero-order valence-electron chi connectivity index (χ0n) is 12.1. The Morgan fingerprint density at radius 2 is 1.89 bits per heavy atom. The lowest BCUT2D eigenvalue weighted by molar-refractivity contribution is 0.0637. The maximum Gasteiger partial charge on any atom is 0.0237 e. The fraction of sp³-hybridized carbons (Fsp3) is 0.647. The first-order valence-corrected chi connectivity index (χ1v) is 7.85. The maximum atomic E-state index is 2.70. The Morgan fingerprint density at radius 1 is 1.11 bits per heavy atom. The van der Waals surface area contributed by atoms with Gasteiger partial charge in [0.25, 0.3) is 0 Å². The summed E-state index contributed by atoms with van der Waals surface area (Å²) in [5.41, 5.74) is 1.46. The molecule has 0 radical (unpaired) electrons. The Kier molecular flexibility index (Phi) is 4.19. The molecule has 1 saturated carbocycles. The molecule has 1 aliphatic carbocycles. The number of benzene rings is 1. The Bertz CT molecular complexity index is 386. The third kappa shape index (κ3) is 3.58. The van der Waals surface area contributed by atoms with E-state index in [-0.39, 0.29) is 0 Å². The van der Waals surface area contributed by atoms with Gasteiger partial charge >= 0.3 is 0 Å². The second kappa shape index (κ2) is 6.06. The van der Waals surface area contributed by atoms with Crippen LogP contribution in [0.5, 0.6) is 0 Å². The van der Waals surface area contributed by atoms with Gasteiger partial charge in [0.1, 0.15) is 0 Å². The van der Waals surface area contributed by atoms with Crippen molar-refractivity contribution in [1.29, 1.82) is 0 Å². The Morgan fingerprint density at radius 3 is 2.58 bits per heavy atom. The summed E-state index contributed by atoms with van der Waals surface area (Å²) in [7, 11) is 0. The molecule has 2 heteroatoms. The van der Waals surface area contributed by atoms with Gasteiger partial charge in [-0.2, -0.15) is 0 Å². The molecule has 2 aliphatic rings. The average molecular weight is 258 g/mol. The summed E-state index contributed by atoms with van der Waals surface area (Å²) in [4.78, 5) is 5.38. The molecule has 1 aliphatic heterocycles. The lowest BCUT2D eigenvalue weighted by Crippen LogP contribution is -2.52. The van der Waals surface area contributed by atoms with Gasteiger partial charge < -0.3 is 4.90 Å². The first-order valence-electron chi connectivity index (χ1n) is 7.85. The van der Waals surface area contributed by atoms with Crippen LogP contribution in [0.15, 0.2) is 30.3 Å². The molecule has 0 amide bonds. The predicted octanol–water partition coefficient (Wildman–Crippen LogP) is 2.99. The van der Waals surface area contributed by atoms with Crippen LogP contribution in [0.25, 0.3) is 0 Å². The zero-order valence-corrected chi connectivity index (χ0v) is 12.1. The van der Waals surface area contributed by atoms with Crippen LogP contribution in [0.4, 0.5) is 0 Å². The minimum atomic E-state index is 0.743.